The number of carbonyl (C=O) groups is 1. The largest absolute Gasteiger partial charge is 0.444 e. The van der Waals surface area contributed by atoms with E-state index in [0.29, 0.717) is 11.8 Å². The Balaban J connectivity index is 1.42. The summed E-state index contributed by atoms with van der Waals surface area (Å²) >= 11 is 0. The number of nitrogens with zero attached hydrogens (tertiary/aromatic N) is 1. The first kappa shape index (κ1) is 21.9. The van der Waals surface area contributed by atoms with Gasteiger partial charge in [0.1, 0.15) is 11.1 Å². The predicted molar refractivity (Wildman–Crippen MR) is 115 cm³/mol. The van der Waals surface area contributed by atoms with Gasteiger partial charge >= 0.3 is 6.09 Å². The zero-order chi connectivity index (χ0) is 21.1. The summed E-state index contributed by atoms with van der Waals surface area (Å²) < 4.78 is 5.37. The zero-order valence-electron chi connectivity index (χ0n) is 18.5. The molecule has 0 aromatic carbocycles. The summed E-state index contributed by atoms with van der Waals surface area (Å²) in [5, 5.41) is 16.1. The molecular weight excluding hydrogens is 362 g/mol. The molecule has 2 atom stereocenters. The Kier molecular flexibility index (Phi) is 6.73. The molecule has 29 heavy (non-hydrogen) atoms. The summed E-state index contributed by atoms with van der Waals surface area (Å²) in [5.41, 5.74) is 0.670. The highest BCUT2D eigenvalue weighted by atomic mass is 16.6. The highest BCUT2D eigenvalue weighted by Gasteiger charge is 2.39. The number of alkyl carbamates (subject to hydrolysis) is 1. The zero-order valence-corrected chi connectivity index (χ0v) is 18.5. The van der Waals surface area contributed by atoms with Crippen LogP contribution in [0.3, 0.4) is 0 Å². The van der Waals surface area contributed by atoms with Gasteiger partial charge in [-0.05, 0) is 84.0 Å². The Hall–Kier alpha value is -1.80. The van der Waals surface area contributed by atoms with E-state index in [-0.39, 0.29) is 23.7 Å². The molecule has 5 nitrogen and oxygen atoms in total. The Bertz CT molecular complexity index is 686. The molecule has 2 saturated carbocycles. The number of ether oxygens (including phenoxy) is 1. The summed E-state index contributed by atoms with van der Waals surface area (Å²) in [5.74, 6) is 1.09. The number of nitrogens with one attached hydrogen (secondary N) is 2. The predicted octanol–water partition coefficient (Wildman–Crippen LogP) is 5.00. The molecule has 0 spiro atoms. The van der Waals surface area contributed by atoms with Crippen molar-refractivity contribution >= 4 is 6.09 Å². The smallest absolute Gasteiger partial charge is 0.407 e. The molecule has 1 amide bonds. The van der Waals surface area contributed by atoms with Gasteiger partial charge in [-0.1, -0.05) is 30.7 Å². The average molecular weight is 400 g/mol. The number of hydrogen-bond donors (Lipinski definition) is 2. The normalized spacial score (nSPS) is 31.2. The Morgan fingerprint density at radius 2 is 1.97 bits per heavy atom. The van der Waals surface area contributed by atoms with Crippen LogP contribution in [0, 0.1) is 23.2 Å². The third-order valence-electron chi connectivity index (χ3n) is 6.52. The van der Waals surface area contributed by atoms with Crippen molar-refractivity contribution in [2.45, 2.75) is 102 Å². The number of hydrogen-bond acceptors (Lipinski definition) is 4. The molecule has 2 fully saturated rings. The molecule has 0 saturated heterocycles. The van der Waals surface area contributed by atoms with Gasteiger partial charge in [0.25, 0.3) is 0 Å². The van der Waals surface area contributed by atoms with Crippen LogP contribution in [0.1, 0.15) is 79.1 Å². The summed E-state index contributed by atoms with van der Waals surface area (Å²) in [6.07, 6.45) is 15.1. The molecule has 3 rings (SSSR count). The molecule has 5 heteroatoms. The molecular formula is C24H37N3O2. The van der Waals surface area contributed by atoms with Crippen molar-refractivity contribution in [1.29, 1.82) is 5.26 Å². The van der Waals surface area contributed by atoms with Crippen LogP contribution in [-0.2, 0) is 4.74 Å². The van der Waals surface area contributed by atoms with Crippen molar-refractivity contribution in [3.63, 3.8) is 0 Å². The highest BCUT2D eigenvalue weighted by molar-refractivity contribution is 5.68. The number of rotatable bonds is 5. The van der Waals surface area contributed by atoms with Crippen molar-refractivity contribution in [3.8, 4) is 6.07 Å². The standard InChI is InChI=1S/C24H37N3O2/c1-17-14-19(8-11-21(17)27-24(16-25)12-5-13-24)15-18-6-9-20(10-7-18)26-22(28)29-23(2,3)4/h8,11,14,17-18,20-21,27H,5-7,9-10,12-13,15H2,1-4H3,(H,26,28). The molecule has 0 radical (unpaired) electrons. The van der Waals surface area contributed by atoms with Gasteiger partial charge < -0.3 is 10.1 Å². The van der Waals surface area contributed by atoms with E-state index >= 15 is 0 Å². The van der Waals surface area contributed by atoms with Crippen molar-refractivity contribution in [1.82, 2.24) is 10.6 Å². The Morgan fingerprint density at radius 3 is 2.48 bits per heavy atom. The van der Waals surface area contributed by atoms with E-state index in [1.54, 1.807) is 0 Å². The third-order valence-corrected chi connectivity index (χ3v) is 6.52. The highest BCUT2D eigenvalue weighted by Crippen LogP contribution is 2.35. The number of nitriles is 1. The second-order valence-corrected chi connectivity index (χ2v) is 10.2. The fourth-order valence-corrected chi connectivity index (χ4v) is 4.67. The molecule has 0 heterocycles. The van der Waals surface area contributed by atoms with Gasteiger partial charge in [-0.2, -0.15) is 5.26 Å². The molecule has 3 aliphatic rings. The minimum atomic E-state index is -0.448. The maximum atomic E-state index is 12.0. The molecule has 3 aliphatic carbocycles. The van der Waals surface area contributed by atoms with E-state index < -0.39 is 5.60 Å². The second-order valence-electron chi connectivity index (χ2n) is 10.2. The van der Waals surface area contributed by atoms with Crippen LogP contribution in [0.25, 0.3) is 0 Å². The maximum Gasteiger partial charge on any atom is 0.407 e. The SMILES string of the molecule is CC1C=C(CC2CCC(NC(=O)OC(C)(C)C)CC2)C=CC1NC1(C#N)CCC1. The average Bonchev–Trinajstić information content (AvgIpc) is 2.60. The van der Waals surface area contributed by atoms with Crippen LogP contribution >= 0.6 is 0 Å². The molecule has 0 bridgehead atoms. The van der Waals surface area contributed by atoms with Gasteiger partial charge in [-0.3, -0.25) is 5.32 Å². The first-order valence-corrected chi connectivity index (χ1v) is 11.3. The molecule has 2 N–H and O–H groups in total. The van der Waals surface area contributed by atoms with Gasteiger partial charge in [0.15, 0.2) is 0 Å². The summed E-state index contributed by atoms with van der Waals surface area (Å²) in [7, 11) is 0. The fraction of sp³-hybridized carbons (Fsp3) is 0.750. The van der Waals surface area contributed by atoms with Crippen molar-refractivity contribution in [2.75, 3.05) is 0 Å². The van der Waals surface area contributed by atoms with Crippen LogP contribution in [0.15, 0.2) is 23.8 Å². The first-order chi connectivity index (χ1) is 13.7. The van der Waals surface area contributed by atoms with Crippen LogP contribution in [0.4, 0.5) is 4.79 Å². The molecule has 0 aromatic heterocycles. The van der Waals surface area contributed by atoms with Gasteiger partial charge in [-0.25, -0.2) is 4.79 Å². The van der Waals surface area contributed by atoms with E-state index in [0.717, 1.165) is 51.4 Å². The molecule has 0 aromatic rings. The lowest BCUT2D eigenvalue weighted by Crippen LogP contribution is -2.55. The van der Waals surface area contributed by atoms with Crippen molar-refractivity contribution in [2.24, 2.45) is 11.8 Å². The molecule has 160 valence electrons. The monoisotopic (exact) mass is 399 g/mol. The minimum absolute atomic E-state index is 0.231. The Labute approximate surface area is 176 Å². The van der Waals surface area contributed by atoms with Crippen molar-refractivity contribution in [3.05, 3.63) is 23.8 Å². The van der Waals surface area contributed by atoms with Crippen molar-refractivity contribution < 1.29 is 9.53 Å². The lowest BCUT2D eigenvalue weighted by atomic mass is 9.76. The number of allylic oxidation sites excluding steroid dienone is 2. The quantitative estimate of drug-likeness (QED) is 0.682. The molecule has 2 unspecified atom stereocenters. The van der Waals surface area contributed by atoms with Crippen LogP contribution < -0.4 is 10.6 Å². The summed E-state index contributed by atoms with van der Waals surface area (Å²) in [6.45, 7) is 7.92. The lowest BCUT2D eigenvalue weighted by molar-refractivity contribution is 0.0487. The van der Waals surface area contributed by atoms with Crippen LogP contribution in [0.5, 0.6) is 0 Å². The minimum Gasteiger partial charge on any atom is -0.444 e. The van der Waals surface area contributed by atoms with E-state index in [2.05, 4.69) is 41.9 Å². The first-order valence-electron chi connectivity index (χ1n) is 11.3. The summed E-state index contributed by atoms with van der Waals surface area (Å²) in [6, 6.07) is 2.97. The topological polar surface area (TPSA) is 74.2 Å². The van der Waals surface area contributed by atoms with E-state index in [9.17, 15) is 10.1 Å². The second kappa shape index (κ2) is 8.92. The van der Waals surface area contributed by atoms with Gasteiger partial charge in [0.05, 0.1) is 6.07 Å². The molecule has 0 aliphatic heterocycles. The fourth-order valence-electron chi connectivity index (χ4n) is 4.67. The Morgan fingerprint density at radius 1 is 1.28 bits per heavy atom. The van der Waals surface area contributed by atoms with Gasteiger partial charge in [-0.15, -0.1) is 0 Å². The third kappa shape index (κ3) is 6.09. The van der Waals surface area contributed by atoms with E-state index in [4.69, 9.17) is 4.74 Å². The summed E-state index contributed by atoms with van der Waals surface area (Å²) in [4.78, 5) is 12.0. The lowest BCUT2D eigenvalue weighted by Gasteiger charge is -2.40. The van der Waals surface area contributed by atoms with Crippen LogP contribution in [0.2, 0.25) is 0 Å². The number of carbonyl (C=O) groups excluding carboxylic acids is 1. The van der Waals surface area contributed by atoms with Gasteiger partial charge in [0.2, 0.25) is 0 Å². The van der Waals surface area contributed by atoms with E-state index in [1.807, 2.05) is 20.8 Å². The van der Waals surface area contributed by atoms with Crippen LogP contribution in [-0.4, -0.2) is 29.3 Å². The van der Waals surface area contributed by atoms with Gasteiger partial charge in [0, 0.05) is 12.1 Å². The van der Waals surface area contributed by atoms with E-state index in [1.165, 1.54) is 5.57 Å². The maximum absolute atomic E-state index is 12.0. The number of amides is 1.